The third-order valence-electron chi connectivity index (χ3n) is 14.4. The number of ether oxygens (including phenoxy) is 11. The molecular weight excluding hydrogens is 1190 g/mol. The monoisotopic (exact) mass is 1260 g/mol. The van der Waals surface area contributed by atoms with Crippen molar-refractivity contribution in [1.29, 1.82) is 10.5 Å². The summed E-state index contributed by atoms with van der Waals surface area (Å²) in [6.45, 7) is 11.4. The number of allylic oxidation sites excluding steroid dienone is 1. The summed E-state index contributed by atoms with van der Waals surface area (Å²) in [6.07, 6.45) is 3.09. The fourth-order valence-electron chi connectivity index (χ4n) is 9.47. The average molecular weight is 1260 g/mol. The van der Waals surface area contributed by atoms with Crippen molar-refractivity contribution in [2.45, 2.75) is 134 Å². The van der Waals surface area contributed by atoms with Crippen LogP contribution in [0.15, 0.2) is 101 Å². The number of thioether (sulfide) groups is 1. The second-order valence-corrected chi connectivity index (χ2v) is 22.4. The summed E-state index contributed by atoms with van der Waals surface area (Å²) >= 11 is 0.972. The number of anilines is 1. The molecule has 0 bridgehead atoms. The topological polar surface area (TPSA) is 332 Å². The zero-order chi connectivity index (χ0) is 65.1. The molecule has 3 atom stereocenters. The Kier molecular flexibility index (Phi) is 27.6. The van der Waals surface area contributed by atoms with E-state index in [0.29, 0.717) is 80.6 Å². The number of esters is 10. The van der Waals surface area contributed by atoms with Gasteiger partial charge in [0.1, 0.15) is 66.0 Å². The summed E-state index contributed by atoms with van der Waals surface area (Å²) in [5.41, 5.74) is 1.58. The Morgan fingerprint density at radius 3 is 1.31 bits per heavy atom. The van der Waals surface area contributed by atoms with Crippen molar-refractivity contribution in [3.8, 4) is 35.1 Å². The minimum absolute atomic E-state index is 0.0104. The molecule has 3 unspecified atom stereocenters. The summed E-state index contributed by atoms with van der Waals surface area (Å²) in [7, 11) is 0. The molecule has 3 aromatic rings. The Morgan fingerprint density at radius 1 is 0.511 bits per heavy atom. The van der Waals surface area contributed by atoms with Crippen LogP contribution in [0.1, 0.15) is 109 Å². The molecule has 2 fully saturated rings. The molecule has 3 aromatic carbocycles. The van der Waals surface area contributed by atoms with Crippen LogP contribution in [-0.4, -0.2) is 111 Å². The number of carbonyl (C=O) groups is 10. The van der Waals surface area contributed by atoms with Gasteiger partial charge in [0.05, 0.1) is 79.7 Å². The maximum absolute atomic E-state index is 13.7. The third kappa shape index (κ3) is 22.7. The minimum atomic E-state index is -0.676. The normalized spacial score (nSPS) is 17.4. The van der Waals surface area contributed by atoms with Crippen LogP contribution in [0.3, 0.4) is 0 Å². The molecule has 1 aliphatic heterocycles. The Hall–Kier alpha value is -9.33. The number of rotatable bonds is 31. The van der Waals surface area contributed by atoms with Crippen molar-refractivity contribution >= 4 is 77.1 Å². The highest BCUT2D eigenvalue weighted by atomic mass is 32.2. The number of carbonyl (C=O) groups excluding carboxylic acids is 10. The first-order chi connectivity index (χ1) is 43.2. The van der Waals surface area contributed by atoms with Gasteiger partial charge in [0.2, 0.25) is 0 Å². The molecule has 0 amide bonds. The standard InChI is InChI=1S/C65H71N3O21S/c1-6-53(69)81-36-39(3)84-40(4)37-82-57(73)28-26-55(71)79-32-30-42-8-20-49(21-9-42)86-62(75)44-12-16-46(17-13-44)64(77)88-51-24-25-52(60-59(51)68-61(90-60)48(34-66)35-67)89-65(78)47-18-14-45(15-19-47)63(76)87-50-22-10-43(11-23-50)31-33-80-56(72)27-29-58(74)83-38-41(5)85-54(70)7-2/h6-11,20-25,39-41,44-47,68H,1-2,12-19,26-33,36-38H2,3-5H3/t39?,40?,41?,44-,45-,46-,47-. The quantitative estimate of drug-likeness (QED) is 0.0207. The van der Waals surface area contributed by atoms with E-state index in [4.69, 9.17) is 52.1 Å². The molecule has 478 valence electrons. The van der Waals surface area contributed by atoms with Gasteiger partial charge in [0.25, 0.3) is 0 Å². The Balaban J connectivity index is 0.885. The summed E-state index contributed by atoms with van der Waals surface area (Å²) in [5, 5.41) is 22.5. The Bertz CT molecular complexity index is 3210. The molecule has 0 saturated heterocycles. The summed E-state index contributed by atoms with van der Waals surface area (Å²) in [5.74, 6) is -6.97. The highest BCUT2D eigenvalue weighted by molar-refractivity contribution is 8.03. The van der Waals surface area contributed by atoms with Crippen molar-refractivity contribution in [3.63, 3.8) is 0 Å². The largest absolute Gasteiger partial charge is 0.465 e. The van der Waals surface area contributed by atoms with Gasteiger partial charge in [0.15, 0.2) is 11.3 Å². The lowest BCUT2D eigenvalue weighted by molar-refractivity contribution is -0.156. The number of nitrogens with one attached hydrogen (secondary N) is 1. The number of benzene rings is 3. The van der Waals surface area contributed by atoms with Gasteiger partial charge in [-0.05, 0) is 120 Å². The molecule has 3 aliphatic rings. The summed E-state index contributed by atoms with van der Waals surface area (Å²) < 4.78 is 59.3. The fraction of sp³-hybridized carbons (Fsp3) is 0.446. The number of nitrogens with zero attached hydrogens (tertiary/aromatic N) is 2. The number of hydrogen-bond acceptors (Lipinski definition) is 25. The van der Waals surface area contributed by atoms with E-state index >= 15 is 0 Å². The van der Waals surface area contributed by atoms with E-state index in [0.717, 1.165) is 35.0 Å². The van der Waals surface area contributed by atoms with Crippen molar-refractivity contribution in [1.82, 2.24) is 0 Å². The molecule has 0 spiro atoms. The second-order valence-electron chi connectivity index (χ2n) is 21.3. The summed E-state index contributed by atoms with van der Waals surface area (Å²) in [6, 6.07) is 20.0. The van der Waals surface area contributed by atoms with E-state index in [1.165, 1.54) is 12.1 Å². The molecule has 25 heteroatoms. The van der Waals surface area contributed by atoms with Gasteiger partial charge >= 0.3 is 59.7 Å². The molecule has 2 saturated carbocycles. The van der Waals surface area contributed by atoms with Crippen molar-refractivity contribution < 1.29 is 100 Å². The molecule has 1 heterocycles. The highest BCUT2D eigenvalue weighted by Gasteiger charge is 2.37. The molecule has 1 N–H and O–H groups in total. The van der Waals surface area contributed by atoms with E-state index in [2.05, 4.69) is 18.5 Å². The molecular formula is C65H71N3O21S. The van der Waals surface area contributed by atoms with E-state index in [1.807, 2.05) is 12.1 Å². The smallest absolute Gasteiger partial charge is 0.330 e. The van der Waals surface area contributed by atoms with Crippen LogP contribution >= 0.6 is 11.8 Å². The SMILES string of the molecule is C=CC(=O)OCC(C)OC(C)COC(=O)CCC(=O)OCCc1ccc(OC(=O)[C@H]2CC[C@H](C(=O)Oc3ccc(OC(=O)[C@H]4CC[C@H](C(=O)Oc5ccc(CCOC(=O)CCC(=O)OCC(C)OC(=O)C=C)cc5)CC4)c4c3NC(=C(C#N)C#N)S4)CC2)cc1. The van der Waals surface area contributed by atoms with Gasteiger partial charge in [0, 0.05) is 25.0 Å². The van der Waals surface area contributed by atoms with Crippen LogP contribution in [0.5, 0.6) is 23.0 Å². The lowest BCUT2D eigenvalue weighted by atomic mass is 9.82. The maximum atomic E-state index is 13.7. The van der Waals surface area contributed by atoms with Crippen LogP contribution < -0.4 is 24.3 Å². The zero-order valence-corrected chi connectivity index (χ0v) is 51.0. The second kappa shape index (κ2) is 35.6. The first-order valence-corrected chi connectivity index (χ1v) is 30.2. The van der Waals surface area contributed by atoms with E-state index in [9.17, 15) is 58.5 Å². The lowest BCUT2D eigenvalue weighted by Gasteiger charge is -2.26. The minimum Gasteiger partial charge on any atom is -0.465 e. The molecule has 2 aliphatic carbocycles. The van der Waals surface area contributed by atoms with Crippen molar-refractivity contribution in [2.24, 2.45) is 23.7 Å². The number of fused-ring (bicyclic) bond motifs is 1. The van der Waals surface area contributed by atoms with E-state index < -0.39 is 102 Å². The van der Waals surface area contributed by atoms with Gasteiger partial charge in [-0.25, -0.2) is 9.59 Å². The van der Waals surface area contributed by atoms with Gasteiger partial charge < -0.3 is 57.4 Å². The number of nitriles is 2. The van der Waals surface area contributed by atoms with Crippen LogP contribution in [0, 0.1) is 46.3 Å². The Morgan fingerprint density at radius 2 is 0.889 bits per heavy atom. The predicted molar refractivity (Wildman–Crippen MR) is 317 cm³/mol. The van der Waals surface area contributed by atoms with Crippen LogP contribution in [0.25, 0.3) is 0 Å². The van der Waals surface area contributed by atoms with Crippen molar-refractivity contribution in [2.75, 3.05) is 38.4 Å². The van der Waals surface area contributed by atoms with Gasteiger partial charge in [-0.3, -0.25) is 38.4 Å². The zero-order valence-electron chi connectivity index (χ0n) is 50.2. The van der Waals surface area contributed by atoms with Gasteiger partial charge in [-0.1, -0.05) is 49.2 Å². The Labute approximate surface area is 524 Å². The molecule has 0 radical (unpaired) electrons. The summed E-state index contributed by atoms with van der Waals surface area (Å²) in [4.78, 5) is 125. The highest BCUT2D eigenvalue weighted by Crippen LogP contribution is 2.52. The third-order valence-corrected chi connectivity index (χ3v) is 15.5. The van der Waals surface area contributed by atoms with Crippen LogP contribution in [-0.2, 0) is 93.9 Å². The number of hydrogen-bond donors (Lipinski definition) is 1. The molecule has 6 rings (SSSR count). The van der Waals surface area contributed by atoms with Gasteiger partial charge in [-0.15, -0.1) is 0 Å². The predicted octanol–water partition coefficient (Wildman–Crippen LogP) is 8.56. The van der Waals surface area contributed by atoms with Gasteiger partial charge in [-0.2, -0.15) is 10.5 Å². The van der Waals surface area contributed by atoms with Crippen LogP contribution in [0.2, 0.25) is 0 Å². The lowest BCUT2D eigenvalue weighted by Crippen LogP contribution is -2.30. The first kappa shape index (κ1) is 69.8. The maximum Gasteiger partial charge on any atom is 0.330 e. The fourth-order valence-corrected chi connectivity index (χ4v) is 10.5. The molecule has 24 nitrogen and oxygen atoms in total. The molecule has 0 aromatic heterocycles. The molecule has 90 heavy (non-hydrogen) atoms. The van der Waals surface area contributed by atoms with Crippen molar-refractivity contribution in [3.05, 3.63) is 108 Å². The van der Waals surface area contributed by atoms with Crippen LogP contribution in [0.4, 0.5) is 5.69 Å². The van der Waals surface area contributed by atoms with E-state index in [-0.39, 0.29) is 86.5 Å². The van der Waals surface area contributed by atoms with E-state index in [1.54, 1.807) is 69.3 Å². The average Bonchev–Trinajstić information content (AvgIpc) is 1.70. The first-order valence-electron chi connectivity index (χ1n) is 29.4.